The van der Waals surface area contributed by atoms with E-state index in [0.717, 1.165) is 64.2 Å². The molecule has 1 fully saturated rings. The molecule has 1 atom stereocenters. The molecule has 4 aromatic carbocycles. The van der Waals surface area contributed by atoms with Gasteiger partial charge in [-0.05, 0) is 80.1 Å². The van der Waals surface area contributed by atoms with Gasteiger partial charge in [-0.25, -0.2) is 8.42 Å². The van der Waals surface area contributed by atoms with E-state index in [2.05, 4.69) is 5.32 Å². The Morgan fingerprint density at radius 1 is 0.765 bits per heavy atom. The van der Waals surface area contributed by atoms with Crippen LogP contribution in [-0.2, 0) is 32.6 Å². The Balaban J connectivity index is 1.60. The normalized spacial score (nSPS) is 14.0. The second-order valence-corrected chi connectivity index (χ2v) is 15.3. The van der Waals surface area contributed by atoms with Crippen molar-refractivity contribution in [3.8, 4) is 11.5 Å². The first-order chi connectivity index (χ1) is 24.5. The fourth-order valence-electron chi connectivity index (χ4n) is 6.72. The van der Waals surface area contributed by atoms with E-state index in [1.54, 1.807) is 17.0 Å². The Morgan fingerprint density at radius 2 is 1.41 bits per heavy atom. The highest BCUT2D eigenvalue weighted by Gasteiger charge is 2.36. The first kappa shape index (κ1) is 37.4. The Labute approximate surface area is 302 Å². The highest BCUT2D eigenvalue weighted by molar-refractivity contribution is 7.92. The summed E-state index contributed by atoms with van der Waals surface area (Å²) in [4.78, 5) is 30.7. The molecule has 1 saturated carbocycles. The number of carbonyl (C=O) groups is 2. The first-order valence-corrected chi connectivity index (χ1v) is 18.9. The maximum Gasteiger partial charge on any atom is 0.264 e. The van der Waals surface area contributed by atoms with Crippen LogP contribution in [0.25, 0.3) is 0 Å². The SMILES string of the molecule is COc1ccc(S(=O)(=O)N(CC(=O)N(Cc2ccc(C)cc2)[C@@H](Cc2ccccc2)C(=O)NC2CCCCC2)c2cc(C)cc(C)c2)cc1OC. The van der Waals surface area contributed by atoms with Crippen molar-refractivity contribution < 1.29 is 27.5 Å². The third kappa shape index (κ3) is 9.49. The number of ether oxygens (including phenoxy) is 2. The summed E-state index contributed by atoms with van der Waals surface area (Å²) in [6.45, 7) is 5.34. The highest BCUT2D eigenvalue weighted by Crippen LogP contribution is 2.33. The standard InChI is InChI=1S/C41H49N3O6S/c1-29-16-18-33(19-17-29)27-43(37(25-32-12-8-6-9-13-32)41(46)42-34-14-10-7-11-15-34)40(45)28-44(35-23-30(2)22-31(3)24-35)51(47,48)36-20-21-38(49-4)39(26-36)50-5/h6,8-9,12-13,16-24,26,34,37H,7,10-11,14-15,25,27-28H2,1-5H3,(H,42,46)/t37-/m0/s1. The molecule has 51 heavy (non-hydrogen) atoms. The summed E-state index contributed by atoms with van der Waals surface area (Å²) in [7, 11) is -1.41. The third-order valence-electron chi connectivity index (χ3n) is 9.41. The van der Waals surface area contributed by atoms with E-state index in [0.29, 0.717) is 11.4 Å². The lowest BCUT2D eigenvalue weighted by Crippen LogP contribution is -2.55. The van der Waals surface area contributed by atoms with Gasteiger partial charge in [-0.15, -0.1) is 0 Å². The number of methoxy groups -OCH3 is 2. The summed E-state index contributed by atoms with van der Waals surface area (Å²) in [5.74, 6) is -0.124. The maximum atomic E-state index is 14.9. The maximum absolute atomic E-state index is 14.9. The predicted molar refractivity (Wildman–Crippen MR) is 201 cm³/mol. The number of anilines is 1. The molecule has 1 aliphatic carbocycles. The van der Waals surface area contributed by atoms with E-state index in [-0.39, 0.29) is 35.6 Å². The van der Waals surface area contributed by atoms with Crippen LogP contribution in [0.2, 0.25) is 0 Å². The van der Waals surface area contributed by atoms with Gasteiger partial charge in [0.1, 0.15) is 12.6 Å². The monoisotopic (exact) mass is 711 g/mol. The molecule has 0 heterocycles. The zero-order chi connectivity index (χ0) is 36.5. The van der Waals surface area contributed by atoms with Crippen LogP contribution < -0.4 is 19.1 Å². The second-order valence-electron chi connectivity index (χ2n) is 13.4. The van der Waals surface area contributed by atoms with Crippen molar-refractivity contribution in [2.45, 2.75) is 82.8 Å². The van der Waals surface area contributed by atoms with Gasteiger partial charge in [-0.2, -0.15) is 0 Å². The van der Waals surface area contributed by atoms with Crippen LogP contribution in [-0.4, -0.2) is 58.0 Å². The lowest BCUT2D eigenvalue weighted by atomic mass is 9.94. The van der Waals surface area contributed by atoms with Crippen molar-refractivity contribution in [1.82, 2.24) is 10.2 Å². The number of aryl methyl sites for hydroxylation is 3. The molecule has 9 nitrogen and oxygen atoms in total. The lowest BCUT2D eigenvalue weighted by Gasteiger charge is -2.35. The van der Waals surface area contributed by atoms with Crippen LogP contribution in [0.4, 0.5) is 5.69 Å². The molecule has 0 unspecified atom stereocenters. The number of nitrogens with one attached hydrogen (secondary N) is 1. The molecule has 2 amide bonds. The zero-order valence-corrected chi connectivity index (χ0v) is 31.0. The highest BCUT2D eigenvalue weighted by atomic mass is 32.2. The van der Waals surface area contributed by atoms with Crippen molar-refractivity contribution in [2.75, 3.05) is 25.1 Å². The summed E-state index contributed by atoms with van der Waals surface area (Å²) in [6.07, 6.45) is 5.27. The van der Waals surface area contributed by atoms with Crippen LogP contribution >= 0.6 is 0 Å². The molecule has 4 aromatic rings. The molecule has 10 heteroatoms. The Morgan fingerprint density at radius 3 is 2.04 bits per heavy atom. The average molecular weight is 712 g/mol. The number of benzene rings is 4. The molecule has 1 aliphatic rings. The number of amides is 2. The summed E-state index contributed by atoms with van der Waals surface area (Å²) < 4.78 is 41.2. The predicted octanol–water partition coefficient (Wildman–Crippen LogP) is 6.91. The third-order valence-corrected chi connectivity index (χ3v) is 11.2. The van der Waals surface area contributed by atoms with Gasteiger partial charge in [0.15, 0.2) is 11.5 Å². The quantitative estimate of drug-likeness (QED) is 0.152. The topological polar surface area (TPSA) is 105 Å². The number of rotatable bonds is 14. The van der Waals surface area contributed by atoms with E-state index in [1.807, 2.05) is 81.4 Å². The number of hydrogen-bond acceptors (Lipinski definition) is 6. The van der Waals surface area contributed by atoms with E-state index in [4.69, 9.17) is 9.47 Å². The molecule has 0 aliphatic heterocycles. The minimum absolute atomic E-state index is 0.0260. The average Bonchev–Trinajstić information content (AvgIpc) is 3.12. The van der Waals surface area contributed by atoms with Gasteiger partial charge in [0, 0.05) is 25.1 Å². The Kier molecular flexibility index (Phi) is 12.4. The van der Waals surface area contributed by atoms with E-state index >= 15 is 0 Å². The second kappa shape index (κ2) is 16.9. The van der Waals surface area contributed by atoms with Gasteiger partial charge in [-0.3, -0.25) is 13.9 Å². The molecule has 0 saturated heterocycles. The van der Waals surface area contributed by atoms with Crippen molar-refractivity contribution >= 4 is 27.5 Å². The summed E-state index contributed by atoms with van der Waals surface area (Å²) in [5, 5.41) is 3.26. The molecule has 0 spiro atoms. The van der Waals surface area contributed by atoms with Crippen LogP contribution in [0.1, 0.15) is 59.9 Å². The first-order valence-electron chi connectivity index (χ1n) is 17.5. The van der Waals surface area contributed by atoms with Crippen molar-refractivity contribution in [3.63, 3.8) is 0 Å². The molecule has 5 rings (SSSR count). The van der Waals surface area contributed by atoms with E-state index in [9.17, 15) is 18.0 Å². The summed E-state index contributed by atoms with van der Waals surface area (Å²) in [6, 6.07) is 26.4. The summed E-state index contributed by atoms with van der Waals surface area (Å²) >= 11 is 0. The fraction of sp³-hybridized carbons (Fsp3) is 0.366. The molecule has 0 bridgehead atoms. The largest absolute Gasteiger partial charge is 0.493 e. The van der Waals surface area contributed by atoms with Gasteiger partial charge < -0.3 is 19.7 Å². The number of nitrogens with zero attached hydrogens (tertiary/aromatic N) is 2. The number of hydrogen-bond donors (Lipinski definition) is 1. The van der Waals surface area contributed by atoms with Gasteiger partial charge in [-0.1, -0.05) is 85.5 Å². The minimum Gasteiger partial charge on any atom is -0.493 e. The van der Waals surface area contributed by atoms with Crippen LogP contribution in [0.3, 0.4) is 0 Å². The Bertz CT molecular complexity index is 1890. The van der Waals surface area contributed by atoms with Crippen molar-refractivity contribution in [3.05, 3.63) is 119 Å². The molecule has 0 aromatic heterocycles. The molecular formula is C41H49N3O6S. The molecular weight excluding hydrogens is 663 g/mol. The van der Waals surface area contributed by atoms with Gasteiger partial charge in [0.2, 0.25) is 11.8 Å². The number of sulfonamides is 1. The molecule has 0 radical (unpaired) electrons. The molecule has 1 N–H and O–H groups in total. The Hall–Kier alpha value is -4.83. The van der Waals surface area contributed by atoms with Gasteiger partial charge in [0.25, 0.3) is 10.0 Å². The van der Waals surface area contributed by atoms with Crippen LogP contribution in [0.5, 0.6) is 11.5 Å². The minimum atomic E-state index is -4.33. The van der Waals surface area contributed by atoms with Gasteiger partial charge >= 0.3 is 0 Å². The zero-order valence-electron chi connectivity index (χ0n) is 30.2. The van der Waals surface area contributed by atoms with E-state index in [1.165, 1.54) is 32.4 Å². The molecule has 270 valence electrons. The summed E-state index contributed by atoms with van der Waals surface area (Å²) in [5.41, 5.74) is 4.82. The smallest absolute Gasteiger partial charge is 0.264 e. The number of carbonyl (C=O) groups excluding carboxylic acids is 2. The van der Waals surface area contributed by atoms with Crippen molar-refractivity contribution in [2.24, 2.45) is 0 Å². The van der Waals surface area contributed by atoms with Crippen LogP contribution in [0.15, 0.2) is 95.9 Å². The van der Waals surface area contributed by atoms with Gasteiger partial charge in [0.05, 0.1) is 24.8 Å². The van der Waals surface area contributed by atoms with Crippen molar-refractivity contribution in [1.29, 1.82) is 0 Å². The lowest BCUT2D eigenvalue weighted by molar-refractivity contribution is -0.140. The van der Waals surface area contributed by atoms with Crippen LogP contribution in [0, 0.1) is 20.8 Å². The fourth-order valence-corrected chi connectivity index (χ4v) is 8.13. The van der Waals surface area contributed by atoms with E-state index < -0.39 is 28.5 Å².